The highest BCUT2D eigenvalue weighted by Gasteiger charge is 2.17. The van der Waals surface area contributed by atoms with Gasteiger partial charge in [-0.15, -0.1) is 12.4 Å². The Morgan fingerprint density at radius 1 is 1.14 bits per heavy atom. The fourth-order valence-corrected chi connectivity index (χ4v) is 2.40. The van der Waals surface area contributed by atoms with Gasteiger partial charge in [-0.1, -0.05) is 60.2 Å². The number of nitrogens with one attached hydrogen (secondary N) is 1. The van der Waals surface area contributed by atoms with E-state index >= 15 is 0 Å². The van der Waals surface area contributed by atoms with Gasteiger partial charge < -0.3 is 11.1 Å². The molecule has 4 heteroatoms. The lowest BCUT2D eigenvalue weighted by Gasteiger charge is -2.15. The maximum absolute atomic E-state index is 12.2. The van der Waals surface area contributed by atoms with Crippen molar-refractivity contribution in [1.29, 1.82) is 0 Å². The summed E-state index contributed by atoms with van der Waals surface area (Å²) in [5.41, 5.74) is 9.19. The molecule has 3 nitrogen and oxygen atoms in total. The molecule has 3 N–H and O–H groups in total. The molecule has 2 aromatic carbocycles. The molecule has 1 atom stereocenters. The molecule has 0 aromatic heterocycles. The van der Waals surface area contributed by atoms with Gasteiger partial charge in [0, 0.05) is 13.1 Å². The molecule has 0 saturated carbocycles. The van der Waals surface area contributed by atoms with Crippen LogP contribution in [0.4, 0.5) is 0 Å². The molecule has 0 heterocycles. The standard InChI is InChI=1S/C18H22N2O.ClH/c1-14-6-5-7-15(12-14)10-11-20-18(21)17(13-19)16-8-3-2-4-9-16;/h2-9,12,17H,10-11,13,19H2,1H3,(H,20,21);1H. The van der Waals surface area contributed by atoms with Gasteiger partial charge in [0.05, 0.1) is 5.92 Å². The summed E-state index contributed by atoms with van der Waals surface area (Å²) >= 11 is 0. The summed E-state index contributed by atoms with van der Waals surface area (Å²) in [4.78, 5) is 12.2. The van der Waals surface area contributed by atoms with Gasteiger partial charge in [-0.3, -0.25) is 4.79 Å². The van der Waals surface area contributed by atoms with Crippen molar-refractivity contribution >= 4 is 18.3 Å². The van der Waals surface area contributed by atoms with E-state index < -0.39 is 0 Å². The van der Waals surface area contributed by atoms with Crippen molar-refractivity contribution in [2.75, 3.05) is 13.1 Å². The monoisotopic (exact) mass is 318 g/mol. The van der Waals surface area contributed by atoms with Gasteiger partial charge >= 0.3 is 0 Å². The van der Waals surface area contributed by atoms with E-state index in [0.717, 1.165) is 12.0 Å². The molecule has 2 rings (SSSR count). The van der Waals surface area contributed by atoms with Crippen molar-refractivity contribution in [2.45, 2.75) is 19.3 Å². The number of hydrogen-bond acceptors (Lipinski definition) is 2. The molecule has 0 spiro atoms. The molecule has 0 saturated heterocycles. The average molecular weight is 319 g/mol. The molecule has 0 bridgehead atoms. The SMILES string of the molecule is Cc1cccc(CCNC(=O)C(CN)c2ccccc2)c1.Cl. The van der Waals surface area contributed by atoms with Crippen LogP contribution in [0.25, 0.3) is 0 Å². The molecule has 1 unspecified atom stereocenters. The number of carbonyl (C=O) groups excluding carboxylic acids is 1. The Hall–Kier alpha value is -1.84. The van der Waals surface area contributed by atoms with E-state index in [2.05, 4.69) is 30.4 Å². The minimum Gasteiger partial charge on any atom is -0.355 e. The minimum atomic E-state index is -0.274. The van der Waals surface area contributed by atoms with E-state index in [1.165, 1.54) is 11.1 Å². The Kier molecular flexibility index (Phi) is 7.64. The van der Waals surface area contributed by atoms with Gasteiger partial charge in [0.1, 0.15) is 0 Å². The summed E-state index contributed by atoms with van der Waals surface area (Å²) in [6.07, 6.45) is 0.833. The molecule has 118 valence electrons. The summed E-state index contributed by atoms with van der Waals surface area (Å²) in [5.74, 6) is -0.278. The van der Waals surface area contributed by atoms with Crippen LogP contribution in [0, 0.1) is 6.92 Å². The first-order valence-electron chi connectivity index (χ1n) is 7.29. The molecular weight excluding hydrogens is 296 g/mol. The third-order valence-corrected chi connectivity index (χ3v) is 3.55. The third kappa shape index (κ3) is 5.17. The Morgan fingerprint density at radius 3 is 2.50 bits per heavy atom. The lowest BCUT2D eigenvalue weighted by atomic mass is 9.98. The topological polar surface area (TPSA) is 55.1 Å². The van der Waals surface area contributed by atoms with Crippen molar-refractivity contribution in [2.24, 2.45) is 5.73 Å². The molecule has 2 aromatic rings. The van der Waals surface area contributed by atoms with E-state index in [1.54, 1.807) is 0 Å². The number of nitrogens with two attached hydrogens (primary N) is 1. The molecule has 0 aliphatic carbocycles. The predicted molar refractivity (Wildman–Crippen MR) is 93.4 cm³/mol. The van der Waals surface area contributed by atoms with E-state index in [-0.39, 0.29) is 24.2 Å². The molecule has 0 aliphatic rings. The minimum absolute atomic E-state index is 0. The second kappa shape index (κ2) is 9.23. The van der Waals surface area contributed by atoms with Crippen molar-refractivity contribution in [3.05, 3.63) is 71.3 Å². The van der Waals surface area contributed by atoms with E-state index in [1.807, 2.05) is 36.4 Å². The first kappa shape index (κ1) is 18.2. The number of benzene rings is 2. The zero-order valence-corrected chi connectivity index (χ0v) is 13.6. The Balaban J connectivity index is 0.00000242. The second-order valence-electron chi connectivity index (χ2n) is 5.23. The smallest absolute Gasteiger partial charge is 0.228 e. The van der Waals surface area contributed by atoms with Crippen LogP contribution in [0.3, 0.4) is 0 Å². The third-order valence-electron chi connectivity index (χ3n) is 3.55. The highest BCUT2D eigenvalue weighted by molar-refractivity contribution is 5.85. The molecule has 0 radical (unpaired) electrons. The van der Waals surface area contributed by atoms with Gasteiger partial charge in [0.25, 0.3) is 0 Å². The number of rotatable bonds is 6. The maximum Gasteiger partial charge on any atom is 0.228 e. The zero-order valence-electron chi connectivity index (χ0n) is 12.8. The van der Waals surface area contributed by atoms with E-state index in [4.69, 9.17) is 5.73 Å². The summed E-state index contributed by atoms with van der Waals surface area (Å²) in [6, 6.07) is 18.0. The van der Waals surface area contributed by atoms with Gasteiger partial charge in [0.2, 0.25) is 5.91 Å². The van der Waals surface area contributed by atoms with Crippen molar-refractivity contribution in [3.8, 4) is 0 Å². The number of amides is 1. The summed E-state index contributed by atoms with van der Waals surface area (Å²) in [7, 11) is 0. The summed E-state index contributed by atoms with van der Waals surface area (Å²) < 4.78 is 0. The van der Waals surface area contributed by atoms with Crippen LogP contribution in [0.2, 0.25) is 0 Å². The van der Waals surface area contributed by atoms with Gasteiger partial charge in [-0.2, -0.15) is 0 Å². The maximum atomic E-state index is 12.2. The normalized spacial score (nSPS) is 11.4. The van der Waals surface area contributed by atoms with E-state index in [0.29, 0.717) is 13.1 Å². The number of aryl methyl sites for hydroxylation is 1. The molecule has 22 heavy (non-hydrogen) atoms. The van der Waals surface area contributed by atoms with Crippen molar-refractivity contribution < 1.29 is 4.79 Å². The van der Waals surface area contributed by atoms with E-state index in [9.17, 15) is 4.79 Å². The molecule has 0 aliphatic heterocycles. The Bertz CT molecular complexity index is 587. The van der Waals surface area contributed by atoms with Crippen LogP contribution in [-0.2, 0) is 11.2 Å². The summed E-state index contributed by atoms with van der Waals surface area (Å²) in [5, 5.41) is 2.98. The van der Waals surface area contributed by atoms with Crippen molar-refractivity contribution in [3.63, 3.8) is 0 Å². The lowest BCUT2D eigenvalue weighted by molar-refractivity contribution is -0.122. The predicted octanol–water partition coefficient (Wildman–Crippen LogP) is 2.82. The molecular formula is C18H23ClN2O. The lowest BCUT2D eigenvalue weighted by Crippen LogP contribution is -2.34. The zero-order chi connectivity index (χ0) is 15.1. The molecule has 1 amide bonds. The highest BCUT2D eigenvalue weighted by Crippen LogP contribution is 2.14. The largest absolute Gasteiger partial charge is 0.355 e. The van der Waals surface area contributed by atoms with Crippen LogP contribution in [-0.4, -0.2) is 19.0 Å². The highest BCUT2D eigenvalue weighted by atomic mass is 35.5. The van der Waals surface area contributed by atoms with Gasteiger partial charge in [-0.05, 0) is 24.5 Å². The van der Waals surface area contributed by atoms with Crippen LogP contribution in [0.5, 0.6) is 0 Å². The van der Waals surface area contributed by atoms with Gasteiger partial charge in [-0.25, -0.2) is 0 Å². The number of hydrogen-bond donors (Lipinski definition) is 2. The second-order valence-corrected chi connectivity index (χ2v) is 5.23. The van der Waals surface area contributed by atoms with Gasteiger partial charge in [0.15, 0.2) is 0 Å². The van der Waals surface area contributed by atoms with Crippen molar-refractivity contribution in [1.82, 2.24) is 5.32 Å². The first-order valence-corrected chi connectivity index (χ1v) is 7.29. The van der Waals surface area contributed by atoms with Crippen LogP contribution in [0.1, 0.15) is 22.6 Å². The fourth-order valence-electron chi connectivity index (χ4n) is 2.40. The Labute approximate surface area is 138 Å². The molecule has 0 fully saturated rings. The summed E-state index contributed by atoms with van der Waals surface area (Å²) in [6.45, 7) is 3.02. The Morgan fingerprint density at radius 2 is 1.86 bits per heavy atom. The van der Waals surface area contributed by atoms with Crippen LogP contribution < -0.4 is 11.1 Å². The number of carbonyl (C=O) groups is 1. The number of halogens is 1. The quantitative estimate of drug-likeness (QED) is 0.860. The van der Waals surface area contributed by atoms with Crippen LogP contribution in [0.15, 0.2) is 54.6 Å². The average Bonchev–Trinajstić information content (AvgIpc) is 2.49. The van der Waals surface area contributed by atoms with Crippen LogP contribution >= 0.6 is 12.4 Å². The fraction of sp³-hybridized carbons (Fsp3) is 0.278. The first-order chi connectivity index (χ1) is 10.2.